The molecule has 0 spiro atoms. The van der Waals surface area contributed by atoms with E-state index in [1.165, 1.54) is 0 Å². The number of carbonyl (C=O) groups is 1. The molecular weight excluding hydrogens is 396 g/mol. The highest BCUT2D eigenvalue weighted by atomic mass is 16.5. The van der Waals surface area contributed by atoms with E-state index in [1.807, 2.05) is 25.1 Å². The van der Waals surface area contributed by atoms with E-state index in [0.717, 1.165) is 76.1 Å². The van der Waals surface area contributed by atoms with Crippen molar-refractivity contribution in [1.29, 1.82) is 0 Å². The SMILES string of the molecule is CCOC(=O)C1CCN(C(=NC)NCc2ccccc2OCCN2CCOCC2)CC1. The number of benzene rings is 1. The molecule has 0 unspecified atom stereocenters. The van der Waals surface area contributed by atoms with Gasteiger partial charge in [-0.15, -0.1) is 0 Å². The third-order valence-electron chi connectivity index (χ3n) is 5.80. The van der Waals surface area contributed by atoms with E-state index < -0.39 is 0 Å². The zero-order valence-corrected chi connectivity index (χ0v) is 18.8. The normalized spacial score (nSPS) is 18.6. The van der Waals surface area contributed by atoms with Gasteiger partial charge >= 0.3 is 5.97 Å². The van der Waals surface area contributed by atoms with Crippen molar-refractivity contribution in [1.82, 2.24) is 15.1 Å². The number of rotatable bonds is 8. The van der Waals surface area contributed by atoms with Crippen LogP contribution in [0.2, 0.25) is 0 Å². The predicted molar refractivity (Wildman–Crippen MR) is 120 cm³/mol. The van der Waals surface area contributed by atoms with E-state index in [1.54, 1.807) is 7.05 Å². The molecule has 1 aromatic carbocycles. The van der Waals surface area contributed by atoms with Gasteiger partial charge < -0.3 is 24.4 Å². The third-order valence-corrected chi connectivity index (χ3v) is 5.80. The van der Waals surface area contributed by atoms with Crippen LogP contribution in [0, 0.1) is 5.92 Å². The number of nitrogens with one attached hydrogen (secondary N) is 1. The highest BCUT2D eigenvalue weighted by molar-refractivity contribution is 5.80. The van der Waals surface area contributed by atoms with Gasteiger partial charge in [-0.2, -0.15) is 0 Å². The highest BCUT2D eigenvalue weighted by Crippen LogP contribution is 2.20. The maximum atomic E-state index is 12.0. The van der Waals surface area contributed by atoms with E-state index in [0.29, 0.717) is 19.8 Å². The summed E-state index contributed by atoms with van der Waals surface area (Å²) in [5.41, 5.74) is 1.10. The molecule has 0 atom stereocenters. The van der Waals surface area contributed by atoms with Crippen molar-refractivity contribution in [2.24, 2.45) is 10.9 Å². The standard InChI is InChI=1S/C23H36N4O4/c1-3-30-22(28)19-8-10-27(11-9-19)23(24-2)25-18-20-6-4-5-7-21(20)31-17-14-26-12-15-29-16-13-26/h4-7,19H,3,8-18H2,1-2H3,(H,24,25). The Labute approximate surface area is 185 Å². The van der Waals surface area contributed by atoms with Gasteiger partial charge in [-0.1, -0.05) is 18.2 Å². The average molecular weight is 433 g/mol. The molecule has 8 nitrogen and oxygen atoms in total. The van der Waals surface area contributed by atoms with Crippen molar-refractivity contribution < 1.29 is 19.0 Å². The lowest BCUT2D eigenvalue weighted by molar-refractivity contribution is -0.149. The van der Waals surface area contributed by atoms with Crippen molar-refractivity contribution in [3.8, 4) is 5.75 Å². The molecular formula is C23H36N4O4. The smallest absolute Gasteiger partial charge is 0.309 e. The summed E-state index contributed by atoms with van der Waals surface area (Å²) in [4.78, 5) is 21.0. The molecule has 2 saturated heterocycles. The van der Waals surface area contributed by atoms with Crippen molar-refractivity contribution in [2.75, 3.05) is 66.2 Å². The lowest BCUT2D eigenvalue weighted by Crippen LogP contribution is -2.46. The quantitative estimate of drug-likeness (QED) is 0.381. The monoisotopic (exact) mass is 432 g/mol. The van der Waals surface area contributed by atoms with E-state index in [4.69, 9.17) is 14.2 Å². The van der Waals surface area contributed by atoms with Gasteiger partial charge in [-0.25, -0.2) is 0 Å². The van der Waals surface area contributed by atoms with Crippen molar-refractivity contribution in [2.45, 2.75) is 26.3 Å². The summed E-state index contributed by atoms with van der Waals surface area (Å²) >= 11 is 0. The molecule has 8 heteroatoms. The molecule has 3 rings (SSSR count). The Balaban J connectivity index is 1.46. The molecule has 1 aromatic rings. The molecule has 2 aliphatic rings. The lowest BCUT2D eigenvalue weighted by atomic mass is 9.97. The van der Waals surface area contributed by atoms with Gasteiger partial charge in [0.1, 0.15) is 12.4 Å². The largest absolute Gasteiger partial charge is 0.492 e. The first kappa shape index (κ1) is 23.3. The Kier molecular flexibility index (Phi) is 9.42. The average Bonchev–Trinajstić information content (AvgIpc) is 2.81. The van der Waals surface area contributed by atoms with E-state index in [2.05, 4.69) is 26.2 Å². The number of carbonyl (C=O) groups excluding carboxylic acids is 1. The second-order valence-corrected chi connectivity index (χ2v) is 7.82. The molecule has 0 radical (unpaired) electrons. The van der Waals surface area contributed by atoms with Gasteiger partial charge in [0, 0.05) is 51.9 Å². The topological polar surface area (TPSA) is 75.6 Å². The van der Waals surface area contributed by atoms with Crippen molar-refractivity contribution in [3.05, 3.63) is 29.8 Å². The Bertz CT molecular complexity index is 713. The van der Waals surface area contributed by atoms with Gasteiger partial charge in [0.25, 0.3) is 0 Å². The third kappa shape index (κ3) is 7.11. The van der Waals surface area contributed by atoms with Gasteiger partial charge in [-0.3, -0.25) is 14.7 Å². The molecule has 0 saturated carbocycles. The number of hydrogen-bond acceptors (Lipinski definition) is 6. The van der Waals surface area contributed by atoms with Gasteiger partial charge in [0.15, 0.2) is 5.96 Å². The summed E-state index contributed by atoms with van der Waals surface area (Å²) in [5, 5.41) is 3.46. The molecule has 2 heterocycles. The van der Waals surface area contributed by atoms with Crippen molar-refractivity contribution >= 4 is 11.9 Å². The molecule has 2 fully saturated rings. The van der Waals surface area contributed by atoms with Crippen LogP contribution in [0.1, 0.15) is 25.3 Å². The van der Waals surface area contributed by atoms with Crippen LogP contribution >= 0.6 is 0 Å². The van der Waals surface area contributed by atoms with E-state index >= 15 is 0 Å². The fourth-order valence-electron chi connectivity index (χ4n) is 3.99. The minimum atomic E-state index is -0.0757. The van der Waals surface area contributed by atoms with Crippen LogP contribution < -0.4 is 10.1 Å². The van der Waals surface area contributed by atoms with Crippen LogP contribution in [-0.2, 0) is 20.8 Å². The fraction of sp³-hybridized carbons (Fsp3) is 0.652. The summed E-state index contributed by atoms with van der Waals surface area (Å²) < 4.78 is 16.7. The molecule has 0 amide bonds. The molecule has 1 N–H and O–H groups in total. The Morgan fingerprint density at radius 1 is 1.19 bits per heavy atom. The van der Waals surface area contributed by atoms with Gasteiger partial charge in [0.2, 0.25) is 0 Å². The zero-order chi connectivity index (χ0) is 21.9. The molecule has 31 heavy (non-hydrogen) atoms. The van der Waals surface area contributed by atoms with Crippen LogP contribution in [0.4, 0.5) is 0 Å². The second kappa shape index (κ2) is 12.5. The number of esters is 1. The molecule has 2 aliphatic heterocycles. The van der Waals surface area contributed by atoms with Gasteiger partial charge in [0.05, 0.1) is 25.7 Å². The maximum Gasteiger partial charge on any atom is 0.309 e. The van der Waals surface area contributed by atoms with Gasteiger partial charge in [-0.05, 0) is 25.8 Å². The lowest BCUT2D eigenvalue weighted by Gasteiger charge is -2.33. The van der Waals surface area contributed by atoms with Crippen LogP contribution in [0.5, 0.6) is 5.75 Å². The number of piperidine rings is 1. The van der Waals surface area contributed by atoms with Crippen LogP contribution in [0.3, 0.4) is 0 Å². The Morgan fingerprint density at radius 2 is 1.94 bits per heavy atom. The molecule has 0 aromatic heterocycles. The minimum Gasteiger partial charge on any atom is -0.492 e. The molecule has 0 aliphatic carbocycles. The summed E-state index contributed by atoms with van der Waals surface area (Å²) in [7, 11) is 1.80. The minimum absolute atomic E-state index is 0.00472. The molecule has 172 valence electrons. The summed E-state index contributed by atoms with van der Waals surface area (Å²) in [5.74, 6) is 1.67. The summed E-state index contributed by atoms with van der Waals surface area (Å²) in [6, 6.07) is 8.13. The number of morpholine rings is 1. The Morgan fingerprint density at radius 3 is 2.65 bits per heavy atom. The van der Waals surface area contributed by atoms with E-state index in [-0.39, 0.29) is 11.9 Å². The second-order valence-electron chi connectivity index (χ2n) is 7.82. The van der Waals surface area contributed by atoms with E-state index in [9.17, 15) is 4.79 Å². The fourth-order valence-corrected chi connectivity index (χ4v) is 3.99. The first-order valence-corrected chi connectivity index (χ1v) is 11.3. The number of para-hydroxylation sites is 1. The summed E-state index contributed by atoms with van der Waals surface area (Å²) in [6.07, 6.45) is 1.58. The number of likely N-dealkylation sites (tertiary alicyclic amines) is 1. The number of aliphatic imine (C=N–C) groups is 1. The Hall–Kier alpha value is -2.32. The molecule has 0 bridgehead atoms. The van der Waals surface area contributed by atoms with Crippen LogP contribution in [0.15, 0.2) is 29.3 Å². The number of nitrogens with zero attached hydrogens (tertiary/aromatic N) is 3. The van der Waals surface area contributed by atoms with Crippen LogP contribution in [0.25, 0.3) is 0 Å². The number of ether oxygens (including phenoxy) is 3. The first-order valence-electron chi connectivity index (χ1n) is 11.3. The zero-order valence-electron chi connectivity index (χ0n) is 18.8. The number of hydrogen-bond donors (Lipinski definition) is 1. The van der Waals surface area contributed by atoms with Crippen molar-refractivity contribution in [3.63, 3.8) is 0 Å². The highest BCUT2D eigenvalue weighted by Gasteiger charge is 2.27. The predicted octanol–water partition coefficient (Wildman–Crippen LogP) is 1.75. The van der Waals surface area contributed by atoms with Crippen LogP contribution in [-0.4, -0.2) is 87.9 Å². The first-order chi connectivity index (χ1) is 15.2. The summed E-state index contributed by atoms with van der Waals surface area (Å²) in [6.45, 7) is 9.62. The number of guanidine groups is 1. The maximum absolute atomic E-state index is 12.0.